The van der Waals surface area contributed by atoms with Crippen LogP contribution in [0.2, 0.25) is 0 Å². The van der Waals surface area contributed by atoms with Crippen LogP contribution in [0.4, 0.5) is 0 Å². The molecule has 3 rings (SSSR count). The van der Waals surface area contributed by atoms with Gasteiger partial charge in [-0.3, -0.25) is 9.00 Å². The molecule has 0 spiro atoms. The summed E-state index contributed by atoms with van der Waals surface area (Å²) in [6.07, 6.45) is 0.711. The van der Waals surface area contributed by atoms with E-state index in [4.69, 9.17) is 4.74 Å². The summed E-state index contributed by atoms with van der Waals surface area (Å²) in [4.78, 5) is 29.7. The molecule has 0 bridgehead atoms. The van der Waals surface area contributed by atoms with Crippen molar-refractivity contribution >= 4 is 33.1 Å². The van der Waals surface area contributed by atoms with Crippen molar-refractivity contribution in [3.8, 4) is 0 Å². The molecule has 0 aliphatic heterocycles. The Labute approximate surface area is 156 Å². The van der Waals surface area contributed by atoms with E-state index in [1.54, 1.807) is 31.2 Å². The van der Waals surface area contributed by atoms with Gasteiger partial charge >= 0.3 is 5.97 Å². The monoisotopic (exact) mass is 391 g/mol. The number of carbonyl (C=O) groups excluding carboxylic acids is 1. The topological polar surface area (TPSA) is 90.6 Å². The molecule has 2 aromatic heterocycles. The van der Waals surface area contributed by atoms with E-state index in [1.807, 2.05) is 6.92 Å². The van der Waals surface area contributed by atoms with Crippen molar-refractivity contribution in [3.63, 3.8) is 0 Å². The number of carbonyl (C=O) groups is 1. The summed E-state index contributed by atoms with van der Waals surface area (Å²) in [7, 11) is -1.27. The fraction of sp³-hybridized carbons (Fsp3) is 0.294. The summed E-state index contributed by atoms with van der Waals surface area (Å²) >= 11 is 1.33. The van der Waals surface area contributed by atoms with Crippen molar-refractivity contribution in [2.75, 3.05) is 5.75 Å². The van der Waals surface area contributed by atoms with Crippen LogP contribution in [0, 0.1) is 0 Å². The van der Waals surface area contributed by atoms with Crippen LogP contribution >= 0.6 is 11.3 Å². The lowest BCUT2D eigenvalue weighted by Gasteiger charge is -2.08. The molecule has 0 saturated carbocycles. The molecule has 7 nitrogen and oxygen atoms in total. The number of nitrogens with zero attached hydrogens (tertiary/aromatic N) is 3. The molecule has 0 amide bonds. The van der Waals surface area contributed by atoms with Crippen molar-refractivity contribution in [3.05, 3.63) is 57.0 Å². The van der Waals surface area contributed by atoms with E-state index in [9.17, 15) is 13.8 Å². The standard InChI is InChI=1S/C17H17N3O4S2/c1-3-14-19-20-15(21)9-11(18-17(20)25-14)10-24-16(22)12-7-5-6-8-13(12)26(23)4-2/h5-9H,3-4,10H2,1-2H3/t26-/m1/s1. The van der Waals surface area contributed by atoms with Gasteiger partial charge in [0.15, 0.2) is 0 Å². The number of aryl methyl sites for hydroxylation is 1. The zero-order valence-corrected chi connectivity index (χ0v) is 15.9. The van der Waals surface area contributed by atoms with Gasteiger partial charge in [-0.25, -0.2) is 9.78 Å². The van der Waals surface area contributed by atoms with Gasteiger partial charge in [-0.05, 0) is 18.6 Å². The molecule has 0 radical (unpaired) electrons. The largest absolute Gasteiger partial charge is 0.456 e. The smallest absolute Gasteiger partial charge is 0.339 e. The minimum Gasteiger partial charge on any atom is -0.456 e. The van der Waals surface area contributed by atoms with E-state index in [0.717, 1.165) is 5.01 Å². The number of ether oxygens (including phenoxy) is 1. The van der Waals surface area contributed by atoms with Gasteiger partial charge in [0.05, 0.1) is 27.0 Å². The second kappa shape index (κ2) is 7.88. The van der Waals surface area contributed by atoms with E-state index >= 15 is 0 Å². The molecule has 26 heavy (non-hydrogen) atoms. The van der Waals surface area contributed by atoms with Crippen LogP contribution in [0.1, 0.15) is 34.9 Å². The Balaban J connectivity index is 1.81. The Bertz CT molecular complexity index is 1040. The van der Waals surface area contributed by atoms with Gasteiger partial charge in [-0.2, -0.15) is 9.61 Å². The van der Waals surface area contributed by atoms with E-state index in [2.05, 4.69) is 10.1 Å². The number of hydrogen-bond donors (Lipinski definition) is 0. The van der Waals surface area contributed by atoms with Crippen molar-refractivity contribution in [2.45, 2.75) is 31.8 Å². The predicted octanol–water partition coefficient (Wildman–Crippen LogP) is 2.20. The van der Waals surface area contributed by atoms with Gasteiger partial charge in [-0.15, -0.1) is 0 Å². The Morgan fingerprint density at radius 2 is 2.08 bits per heavy atom. The lowest BCUT2D eigenvalue weighted by molar-refractivity contribution is 0.0463. The van der Waals surface area contributed by atoms with Crippen LogP contribution in [0.15, 0.2) is 40.0 Å². The summed E-state index contributed by atoms with van der Waals surface area (Å²) in [5, 5.41) is 4.98. The Kier molecular flexibility index (Phi) is 5.58. The molecule has 0 saturated heterocycles. The van der Waals surface area contributed by atoms with Crippen LogP contribution in [-0.2, 0) is 28.6 Å². The minimum atomic E-state index is -1.27. The van der Waals surface area contributed by atoms with Crippen LogP contribution in [0.5, 0.6) is 0 Å². The molecule has 0 fully saturated rings. The van der Waals surface area contributed by atoms with Crippen molar-refractivity contribution in [1.82, 2.24) is 14.6 Å². The molecule has 2 heterocycles. The maximum absolute atomic E-state index is 12.4. The maximum atomic E-state index is 12.4. The lowest BCUT2D eigenvalue weighted by Crippen LogP contribution is -2.17. The van der Waals surface area contributed by atoms with Gasteiger partial charge in [0.2, 0.25) is 4.96 Å². The van der Waals surface area contributed by atoms with Gasteiger partial charge < -0.3 is 4.74 Å². The van der Waals surface area contributed by atoms with Crippen LogP contribution in [-0.4, -0.2) is 30.5 Å². The highest BCUT2D eigenvalue weighted by Gasteiger charge is 2.17. The molecule has 0 aliphatic rings. The minimum absolute atomic E-state index is 0.142. The summed E-state index contributed by atoms with van der Waals surface area (Å²) in [6.45, 7) is 3.59. The number of esters is 1. The van der Waals surface area contributed by atoms with Crippen molar-refractivity contribution in [1.29, 1.82) is 0 Å². The number of fused-ring (bicyclic) bond motifs is 1. The maximum Gasteiger partial charge on any atom is 0.339 e. The second-order valence-corrected chi connectivity index (χ2v) is 8.08. The average Bonchev–Trinajstić information content (AvgIpc) is 3.09. The first kappa shape index (κ1) is 18.4. The molecular weight excluding hydrogens is 374 g/mol. The predicted molar refractivity (Wildman–Crippen MR) is 99.0 cm³/mol. The molecular formula is C17H17N3O4S2. The van der Waals surface area contributed by atoms with Crippen LogP contribution in [0.3, 0.4) is 0 Å². The number of rotatable bonds is 6. The van der Waals surface area contributed by atoms with Crippen LogP contribution < -0.4 is 5.56 Å². The quantitative estimate of drug-likeness (QED) is 0.598. The Morgan fingerprint density at radius 3 is 2.81 bits per heavy atom. The number of benzene rings is 1. The van der Waals surface area contributed by atoms with E-state index in [-0.39, 0.29) is 17.7 Å². The molecule has 3 aromatic rings. The molecule has 0 aliphatic carbocycles. The molecule has 9 heteroatoms. The number of hydrogen-bond acceptors (Lipinski definition) is 7. The van der Waals surface area contributed by atoms with Crippen molar-refractivity contribution < 1.29 is 13.7 Å². The van der Waals surface area contributed by atoms with Gasteiger partial charge in [-0.1, -0.05) is 37.3 Å². The summed E-state index contributed by atoms with van der Waals surface area (Å²) < 4.78 is 18.6. The van der Waals surface area contributed by atoms with Gasteiger partial charge in [0, 0.05) is 11.8 Å². The summed E-state index contributed by atoms with van der Waals surface area (Å²) in [6, 6.07) is 7.94. The zero-order valence-electron chi connectivity index (χ0n) is 14.3. The third-order valence-corrected chi connectivity index (χ3v) is 6.03. The first-order chi connectivity index (χ1) is 12.5. The Hall–Kier alpha value is -2.39. The normalized spacial score (nSPS) is 12.2. The zero-order chi connectivity index (χ0) is 18.7. The highest BCUT2D eigenvalue weighted by atomic mass is 32.2. The fourth-order valence-corrected chi connectivity index (χ4v) is 4.11. The first-order valence-corrected chi connectivity index (χ1v) is 10.2. The van der Waals surface area contributed by atoms with E-state index in [0.29, 0.717) is 27.7 Å². The van der Waals surface area contributed by atoms with Gasteiger partial charge in [0.1, 0.15) is 11.6 Å². The Morgan fingerprint density at radius 1 is 1.31 bits per heavy atom. The summed E-state index contributed by atoms with van der Waals surface area (Å²) in [5.74, 6) is -0.187. The molecule has 1 atom stereocenters. The third kappa shape index (κ3) is 3.73. The number of aromatic nitrogens is 3. The molecule has 1 aromatic carbocycles. The lowest BCUT2D eigenvalue weighted by atomic mass is 10.2. The van der Waals surface area contributed by atoms with Crippen LogP contribution in [0.25, 0.3) is 4.96 Å². The fourth-order valence-electron chi connectivity index (χ4n) is 2.32. The van der Waals surface area contributed by atoms with E-state index < -0.39 is 16.8 Å². The molecule has 136 valence electrons. The highest BCUT2D eigenvalue weighted by Crippen LogP contribution is 2.16. The molecule has 0 unspecified atom stereocenters. The average molecular weight is 391 g/mol. The van der Waals surface area contributed by atoms with Gasteiger partial charge in [0.25, 0.3) is 5.56 Å². The van der Waals surface area contributed by atoms with Crippen molar-refractivity contribution in [2.24, 2.45) is 0 Å². The highest BCUT2D eigenvalue weighted by molar-refractivity contribution is 7.85. The van der Waals surface area contributed by atoms with E-state index in [1.165, 1.54) is 21.9 Å². The molecule has 0 N–H and O–H groups in total. The second-order valence-electron chi connectivity index (χ2n) is 5.34. The SMILES string of the molecule is CCc1nn2c(=O)cc(COC(=O)c3ccccc3[S@](=O)CC)nc2s1. The third-order valence-electron chi connectivity index (χ3n) is 3.61. The first-order valence-electron chi connectivity index (χ1n) is 8.06. The summed E-state index contributed by atoms with van der Waals surface area (Å²) in [5.41, 5.74) is 0.296.